The number of aromatic nitrogens is 2. The van der Waals surface area contributed by atoms with Gasteiger partial charge in [0.1, 0.15) is 0 Å². The Morgan fingerprint density at radius 1 is 0.952 bits per heavy atom. The van der Waals surface area contributed by atoms with E-state index in [4.69, 9.17) is 0 Å². The first-order valence-corrected chi connectivity index (χ1v) is 7.31. The standard InChI is InChI=1S/C18H19N3/c1-18(2,3)21-12-20-14-9-6-5-8-13(14)19(4)15-10-7-11-16(21)17(15)20/h5-11H,1-4H3. The molecule has 0 atom stereocenters. The third-order valence-corrected chi connectivity index (χ3v) is 4.17. The monoisotopic (exact) mass is 277 g/mol. The van der Waals surface area contributed by atoms with E-state index >= 15 is 0 Å². The van der Waals surface area contributed by atoms with Gasteiger partial charge in [-0.2, -0.15) is 0 Å². The van der Waals surface area contributed by atoms with Crippen LogP contribution in [0.5, 0.6) is 0 Å². The van der Waals surface area contributed by atoms with Gasteiger partial charge in [0.05, 0.1) is 22.3 Å². The Bertz CT molecular complexity index is 853. The van der Waals surface area contributed by atoms with Crippen molar-refractivity contribution in [2.24, 2.45) is 0 Å². The number of para-hydroxylation sites is 3. The van der Waals surface area contributed by atoms with E-state index in [1.807, 2.05) is 0 Å². The van der Waals surface area contributed by atoms with Gasteiger partial charge in [-0.05, 0) is 32.9 Å². The van der Waals surface area contributed by atoms with Gasteiger partial charge in [-0.3, -0.25) is 0 Å². The van der Waals surface area contributed by atoms with Crippen LogP contribution < -0.4 is 9.47 Å². The van der Waals surface area contributed by atoms with Crippen molar-refractivity contribution in [3.05, 3.63) is 48.8 Å². The van der Waals surface area contributed by atoms with Crippen molar-refractivity contribution in [2.75, 3.05) is 11.9 Å². The molecule has 0 N–H and O–H groups in total. The Hall–Kier alpha value is -2.29. The number of anilines is 2. The minimum Gasteiger partial charge on any atom is -0.354 e. The Labute approximate surface area is 125 Å². The van der Waals surface area contributed by atoms with Crippen LogP contribution in [0.2, 0.25) is 0 Å². The quantitative estimate of drug-likeness (QED) is 0.452. The number of hydrogen-bond acceptors (Lipinski definition) is 1. The van der Waals surface area contributed by atoms with E-state index in [-0.39, 0.29) is 5.54 Å². The molecule has 0 unspecified atom stereocenters. The van der Waals surface area contributed by atoms with E-state index in [0.717, 1.165) is 0 Å². The minimum atomic E-state index is -0.0000214. The van der Waals surface area contributed by atoms with Crippen molar-refractivity contribution in [1.82, 2.24) is 4.57 Å². The Morgan fingerprint density at radius 2 is 1.67 bits per heavy atom. The van der Waals surface area contributed by atoms with E-state index in [0.29, 0.717) is 0 Å². The summed E-state index contributed by atoms with van der Waals surface area (Å²) >= 11 is 0. The molecule has 0 saturated heterocycles. The van der Waals surface area contributed by atoms with Crippen molar-refractivity contribution in [1.29, 1.82) is 0 Å². The maximum Gasteiger partial charge on any atom is 0.244 e. The number of hydrogen-bond donors (Lipinski definition) is 0. The van der Waals surface area contributed by atoms with Crippen molar-refractivity contribution in [2.45, 2.75) is 26.3 Å². The fourth-order valence-corrected chi connectivity index (χ4v) is 3.16. The van der Waals surface area contributed by atoms with E-state index < -0.39 is 0 Å². The van der Waals surface area contributed by atoms with E-state index in [2.05, 4.69) is 90.6 Å². The smallest absolute Gasteiger partial charge is 0.244 e. The summed E-state index contributed by atoms with van der Waals surface area (Å²) in [6.45, 7) is 6.65. The average Bonchev–Trinajstić information content (AvgIpc) is 2.85. The van der Waals surface area contributed by atoms with Gasteiger partial charge < -0.3 is 14.0 Å². The molecule has 0 radical (unpaired) electrons. The molecule has 0 spiro atoms. The Balaban J connectivity index is 2.18. The Kier molecular flexibility index (Phi) is 2.30. The summed E-state index contributed by atoms with van der Waals surface area (Å²) in [5.41, 5.74) is 6.08. The molecule has 0 fully saturated rings. The van der Waals surface area contributed by atoms with Crippen LogP contribution in [0.25, 0.3) is 16.7 Å². The first-order valence-electron chi connectivity index (χ1n) is 7.31. The third-order valence-electron chi connectivity index (χ3n) is 4.17. The topological polar surface area (TPSA) is 12.1 Å². The summed E-state index contributed by atoms with van der Waals surface area (Å²) in [5, 5.41) is 0. The second kappa shape index (κ2) is 3.88. The van der Waals surface area contributed by atoms with E-state index in [1.54, 1.807) is 0 Å². The van der Waals surface area contributed by atoms with Crippen LogP contribution in [0.3, 0.4) is 0 Å². The molecular weight excluding hydrogens is 258 g/mol. The lowest BCUT2D eigenvalue weighted by Crippen LogP contribution is -2.37. The molecule has 2 aromatic carbocycles. The summed E-state index contributed by atoms with van der Waals surface area (Å²) in [6.07, 6.45) is 3.55. The third kappa shape index (κ3) is 1.57. The molecular formula is C18H19N3. The SMILES string of the molecule is CN1c2ccccc2-[n+]2[c-]n(C(C)(C)C)c3cccc1c32. The summed E-state index contributed by atoms with van der Waals surface area (Å²) < 4.78 is 4.44. The van der Waals surface area contributed by atoms with E-state index in [9.17, 15) is 0 Å². The number of benzene rings is 2. The van der Waals surface area contributed by atoms with Gasteiger partial charge in [-0.15, -0.1) is 0 Å². The highest BCUT2D eigenvalue weighted by molar-refractivity contribution is 5.92. The zero-order valence-corrected chi connectivity index (χ0v) is 12.9. The fraction of sp³-hybridized carbons (Fsp3) is 0.278. The molecule has 3 heteroatoms. The first kappa shape index (κ1) is 12.5. The summed E-state index contributed by atoms with van der Waals surface area (Å²) in [6, 6.07) is 15.0. The molecule has 2 heterocycles. The van der Waals surface area contributed by atoms with Crippen LogP contribution in [-0.2, 0) is 5.54 Å². The van der Waals surface area contributed by atoms with Crippen LogP contribution in [0.15, 0.2) is 42.5 Å². The molecule has 3 nitrogen and oxygen atoms in total. The van der Waals surface area contributed by atoms with Crippen molar-refractivity contribution >= 4 is 22.4 Å². The normalized spacial score (nSPS) is 13.6. The summed E-state index contributed by atoms with van der Waals surface area (Å²) in [4.78, 5) is 2.26. The van der Waals surface area contributed by atoms with Crippen LogP contribution in [0.4, 0.5) is 11.4 Å². The maximum absolute atomic E-state index is 3.55. The average molecular weight is 277 g/mol. The minimum absolute atomic E-state index is 0.0000214. The second-order valence-electron chi connectivity index (χ2n) is 6.63. The predicted molar refractivity (Wildman–Crippen MR) is 85.4 cm³/mol. The molecule has 1 aliphatic rings. The molecule has 0 amide bonds. The molecule has 106 valence electrons. The zero-order valence-electron chi connectivity index (χ0n) is 12.9. The highest BCUT2D eigenvalue weighted by Gasteiger charge is 2.26. The van der Waals surface area contributed by atoms with Gasteiger partial charge in [0.15, 0.2) is 0 Å². The molecule has 0 saturated carbocycles. The second-order valence-corrected chi connectivity index (χ2v) is 6.63. The number of imidazole rings is 1. The van der Waals surface area contributed by atoms with Crippen LogP contribution in [0.1, 0.15) is 20.8 Å². The van der Waals surface area contributed by atoms with Gasteiger partial charge >= 0.3 is 0 Å². The van der Waals surface area contributed by atoms with Gasteiger partial charge in [0, 0.05) is 18.4 Å². The number of fused-ring (bicyclic) bond motifs is 2. The highest BCUT2D eigenvalue weighted by Crippen LogP contribution is 2.37. The molecule has 1 aliphatic heterocycles. The lowest BCUT2D eigenvalue weighted by molar-refractivity contribution is -0.573. The summed E-state index contributed by atoms with van der Waals surface area (Å²) in [5.74, 6) is 0. The first-order chi connectivity index (χ1) is 9.98. The van der Waals surface area contributed by atoms with Crippen molar-refractivity contribution < 1.29 is 4.57 Å². The van der Waals surface area contributed by atoms with Crippen molar-refractivity contribution in [3.63, 3.8) is 0 Å². The van der Waals surface area contributed by atoms with Gasteiger partial charge in [-0.1, -0.05) is 30.3 Å². The van der Waals surface area contributed by atoms with Crippen LogP contribution in [0, 0.1) is 6.33 Å². The Morgan fingerprint density at radius 3 is 2.43 bits per heavy atom. The molecule has 4 rings (SSSR count). The molecule has 3 aromatic rings. The summed E-state index contributed by atoms with van der Waals surface area (Å²) in [7, 11) is 2.13. The molecule has 0 aliphatic carbocycles. The lowest BCUT2D eigenvalue weighted by Gasteiger charge is -2.30. The van der Waals surface area contributed by atoms with Crippen LogP contribution in [-0.4, -0.2) is 11.6 Å². The predicted octanol–water partition coefficient (Wildman–Crippen LogP) is 3.55. The van der Waals surface area contributed by atoms with E-state index in [1.165, 1.54) is 28.1 Å². The zero-order chi connectivity index (χ0) is 14.8. The van der Waals surface area contributed by atoms with Gasteiger partial charge in [0.25, 0.3) is 0 Å². The maximum atomic E-state index is 3.55. The fourth-order valence-electron chi connectivity index (χ4n) is 3.16. The lowest BCUT2D eigenvalue weighted by atomic mass is 10.1. The van der Waals surface area contributed by atoms with Crippen LogP contribution >= 0.6 is 0 Å². The van der Waals surface area contributed by atoms with Gasteiger partial charge in [0.2, 0.25) is 6.33 Å². The molecule has 0 bridgehead atoms. The number of nitrogens with zero attached hydrogens (tertiary/aromatic N) is 3. The largest absolute Gasteiger partial charge is 0.354 e. The molecule has 1 aromatic heterocycles. The van der Waals surface area contributed by atoms with Crippen molar-refractivity contribution in [3.8, 4) is 5.69 Å². The van der Waals surface area contributed by atoms with Gasteiger partial charge in [-0.25, -0.2) is 0 Å². The molecule has 21 heavy (non-hydrogen) atoms. The number of rotatable bonds is 0. The highest BCUT2D eigenvalue weighted by atomic mass is 15.2.